The van der Waals surface area contributed by atoms with Gasteiger partial charge in [0.1, 0.15) is 4.21 Å². The third kappa shape index (κ3) is 3.76. The van der Waals surface area contributed by atoms with E-state index in [9.17, 15) is 8.42 Å². The zero-order valence-electron chi connectivity index (χ0n) is 15.3. The topological polar surface area (TPSA) is 40.6 Å². The van der Waals surface area contributed by atoms with Gasteiger partial charge in [-0.25, -0.2) is 8.42 Å². The summed E-state index contributed by atoms with van der Waals surface area (Å²) in [4.78, 5) is 3.34. The van der Waals surface area contributed by atoms with Crippen LogP contribution in [0.2, 0.25) is 0 Å². The van der Waals surface area contributed by atoms with E-state index in [4.69, 9.17) is 0 Å². The number of rotatable bonds is 3. The number of piperazine rings is 1. The van der Waals surface area contributed by atoms with Gasteiger partial charge in [-0.1, -0.05) is 39.0 Å². The predicted octanol–water partition coefficient (Wildman–Crippen LogP) is 3.86. The Kier molecular flexibility index (Phi) is 4.97. The molecule has 25 heavy (non-hydrogen) atoms. The SMILES string of the molecule is Cc1ccc(S(=O)(=O)N2CCN(c3ccccc3C(C)(C)C)CC2)s1. The van der Waals surface area contributed by atoms with Crippen LogP contribution in [0.15, 0.2) is 40.6 Å². The lowest BCUT2D eigenvalue weighted by Crippen LogP contribution is -2.49. The highest BCUT2D eigenvalue weighted by Crippen LogP contribution is 2.33. The average Bonchev–Trinajstić information content (AvgIpc) is 3.01. The lowest BCUT2D eigenvalue weighted by atomic mass is 9.85. The number of para-hydroxylation sites is 1. The maximum absolute atomic E-state index is 12.8. The summed E-state index contributed by atoms with van der Waals surface area (Å²) in [6.07, 6.45) is 0. The summed E-state index contributed by atoms with van der Waals surface area (Å²) in [5, 5.41) is 0. The molecule has 0 N–H and O–H groups in total. The number of sulfonamides is 1. The van der Waals surface area contributed by atoms with Gasteiger partial charge in [-0.05, 0) is 36.1 Å². The molecule has 0 amide bonds. The molecule has 0 saturated carbocycles. The van der Waals surface area contributed by atoms with Gasteiger partial charge in [0.25, 0.3) is 10.0 Å². The summed E-state index contributed by atoms with van der Waals surface area (Å²) in [6.45, 7) is 11.1. The molecule has 0 atom stereocenters. The molecule has 0 spiro atoms. The molecule has 3 rings (SSSR count). The Bertz CT molecular complexity index is 842. The van der Waals surface area contributed by atoms with E-state index >= 15 is 0 Å². The Hall–Kier alpha value is -1.37. The second-order valence-corrected chi connectivity index (χ2v) is 11.0. The Balaban J connectivity index is 1.77. The van der Waals surface area contributed by atoms with Crippen molar-refractivity contribution in [2.45, 2.75) is 37.3 Å². The van der Waals surface area contributed by atoms with E-state index in [1.807, 2.05) is 13.0 Å². The fourth-order valence-electron chi connectivity index (χ4n) is 3.23. The normalized spacial score (nSPS) is 17.0. The molecular weight excluding hydrogens is 352 g/mol. The van der Waals surface area contributed by atoms with Gasteiger partial charge in [0.2, 0.25) is 0 Å². The van der Waals surface area contributed by atoms with Crippen molar-refractivity contribution in [3.63, 3.8) is 0 Å². The van der Waals surface area contributed by atoms with Crippen molar-refractivity contribution in [2.24, 2.45) is 0 Å². The van der Waals surface area contributed by atoms with Crippen molar-refractivity contribution in [1.29, 1.82) is 0 Å². The highest BCUT2D eigenvalue weighted by atomic mass is 32.2. The van der Waals surface area contributed by atoms with Crippen molar-refractivity contribution in [3.8, 4) is 0 Å². The van der Waals surface area contributed by atoms with Gasteiger partial charge in [-0.3, -0.25) is 0 Å². The molecule has 0 aliphatic carbocycles. The van der Waals surface area contributed by atoms with Gasteiger partial charge in [-0.15, -0.1) is 11.3 Å². The van der Waals surface area contributed by atoms with E-state index < -0.39 is 10.0 Å². The third-order valence-corrected chi connectivity index (χ3v) is 7.97. The number of hydrogen-bond acceptors (Lipinski definition) is 4. The van der Waals surface area contributed by atoms with Gasteiger partial charge >= 0.3 is 0 Å². The summed E-state index contributed by atoms with van der Waals surface area (Å²) in [7, 11) is -3.36. The van der Waals surface area contributed by atoms with Crippen molar-refractivity contribution in [3.05, 3.63) is 46.8 Å². The first-order valence-corrected chi connectivity index (χ1v) is 10.9. The molecule has 1 aliphatic rings. The number of anilines is 1. The van der Waals surface area contributed by atoms with Crippen LogP contribution in [0, 0.1) is 6.92 Å². The summed E-state index contributed by atoms with van der Waals surface area (Å²) in [5.74, 6) is 0. The first-order chi connectivity index (χ1) is 11.7. The molecular formula is C19H26N2O2S2. The van der Waals surface area contributed by atoms with Gasteiger partial charge in [-0.2, -0.15) is 4.31 Å². The van der Waals surface area contributed by atoms with Crippen LogP contribution in [0.5, 0.6) is 0 Å². The van der Waals surface area contributed by atoms with Crippen LogP contribution in [0.3, 0.4) is 0 Å². The van der Waals surface area contributed by atoms with Gasteiger partial charge in [0.05, 0.1) is 0 Å². The summed E-state index contributed by atoms with van der Waals surface area (Å²) in [6, 6.07) is 12.0. The van der Waals surface area contributed by atoms with E-state index in [0.29, 0.717) is 17.3 Å². The molecule has 2 heterocycles. The molecule has 6 heteroatoms. The number of hydrogen-bond donors (Lipinski definition) is 0. The monoisotopic (exact) mass is 378 g/mol. The molecule has 1 aromatic carbocycles. The van der Waals surface area contributed by atoms with E-state index in [-0.39, 0.29) is 5.41 Å². The van der Waals surface area contributed by atoms with Crippen LogP contribution in [-0.2, 0) is 15.4 Å². The third-order valence-electron chi connectivity index (χ3n) is 4.60. The van der Waals surface area contributed by atoms with E-state index in [1.54, 1.807) is 10.4 Å². The Labute approximate surface area is 155 Å². The first-order valence-electron chi connectivity index (χ1n) is 8.60. The number of nitrogens with zero attached hydrogens (tertiary/aromatic N) is 2. The van der Waals surface area contributed by atoms with Crippen LogP contribution < -0.4 is 4.90 Å². The van der Waals surface area contributed by atoms with Crippen LogP contribution in [0.1, 0.15) is 31.2 Å². The molecule has 4 nitrogen and oxygen atoms in total. The fourth-order valence-corrected chi connectivity index (χ4v) is 6.09. The minimum Gasteiger partial charge on any atom is -0.369 e. The quantitative estimate of drug-likeness (QED) is 0.814. The van der Waals surface area contributed by atoms with Gasteiger partial charge < -0.3 is 4.90 Å². The van der Waals surface area contributed by atoms with E-state index in [1.165, 1.54) is 22.6 Å². The highest BCUT2D eigenvalue weighted by Gasteiger charge is 2.31. The van der Waals surface area contributed by atoms with Gasteiger partial charge in [0, 0.05) is 36.7 Å². The first kappa shape index (κ1) is 18.4. The number of benzene rings is 1. The van der Waals surface area contributed by atoms with Crippen LogP contribution in [-0.4, -0.2) is 38.9 Å². The van der Waals surface area contributed by atoms with Crippen molar-refractivity contribution < 1.29 is 8.42 Å². The molecule has 1 aliphatic heterocycles. The van der Waals surface area contributed by atoms with Crippen molar-refractivity contribution in [1.82, 2.24) is 4.31 Å². The molecule has 136 valence electrons. The standard InChI is InChI=1S/C19H26N2O2S2/c1-15-9-10-18(24-15)25(22,23)21-13-11-20(12-14-21)17-8-6-5-7-16(17)19(2,3)4/h5-10H,11-14H2,1-4H3. The molecule has 2 aromatic rings. The minimum atomic E-state index is -3.36. The lowest BCUT2D eigenvalue weighted by Gasteiger charge is -2.37. The Morgan fingerprint density at radius 2 is 1.60 bits per heavy atom. The predicted molar refractivity (Wildman–Crippen MR) is 105 cm³/mol. The molecule has 1 aromatic heterocycles. The average molecular weight is 379 g/mol. The second kappa shape index (κ2) is 6.74. The highest BCUT2D eigenvalue weighted by molar-refractivity contribution is 7.91. The van der Waals surface area contributed by atoms with Gasteiger partial charge in [0.15, 0.2) is 0 Å². The van der Waals surface area contributed by atoms with Crippen LogP contribution >= 0.6 is 11.3 Å². The summed E-state index contributed by atoms with van der Waals surface area (Å²) < 4.78 is 27.6. The maximum Gasteiger partial charge on any atom is 0.252 e. The van der Waals surface area contributed by atoms with Crippen molar-refractivity contribution in [2.75, 3.05) is 31.1 Å². The van der Waals surface area contributed by atoms with Crippen LogP contribution in [0.25, 0.3) is 0 Å². The zero-order valence-corrected chi connectivity index (χ0v) is 17.0. The molecule has 0 unspecified atom stereocenters. The fraction of sp³-hybridized carbons (Fsp3) is 0.474. The minimum absolute atomic E-state index is 0.0638. The Morgan fingerprint density at radius 3 is 2.16 bits per heavy atom. The van der Waals surface area contributed by atoms with E-state index in [0.717, 1.165) is 18.0 Å². The molecule has 1 saturated heterocycles. The maximum atomic E-state index is 12.8. The lowest BCUT2D eigenvalue weighted by molar-refractivity contribution is 0.385. The molecule has 0 radical (unpaired) electrons. The molecule has 0 bridgehead atoms. The zero-order chi connectivity index (χ0) is 18.2. The number of thiophene rings is 1. The largest absolute Gasteiger partial charge is 0.369 e. The number of aryl methyl sites for hydroxylation is 1. The summed E-state index contributed by atoms with van der Waals surface area (Å²) >= 11 is 1.35. The van der Waals surface area contributed by atoms with E-state index in [2.05, 4.69) is 49.9 Å². The van der Waals surface area contributed by atoms with Crippen molar-refractivity contribution >= 4 is 27.0 Å². The molecule has 1 fully saturated rings. The second-order valence-electron chi connectivity index (χ2n) is 7.52. The smallest absolute Gasteiger partial charge is 0.252 e. The summed E-state index contributed by atoms with van der Waals surface area (Å²) in [5.41, 5.74) is 2.59. The Morgan fingerprint density at radius 1 is 0.960 bits per heavy atom. The van der Waals surface area contributed by atoms with Crippen LogP contribution in [0.4, 0.5) is 5.69 Å².